The smallest absolute Gasteiger partial charge is 0.475 e. The summed E-state index contributed by atoms with van der Waals surface area (Å²) in [5.74, 6) is -2.74. The molecule has 3 heterocycles. The number of likely N-dealkylation sites (tertiary alicyclic amines) is 1. The summed E-state index contributed by atoms with van der Waals surface area (Å²) in [5.41, 5.74) is 3.36. The van der Waals surface area contributed by atoms with Gasteiger partial charge in [-0.15, -0.1) is 11.8 Å². The van der Waals surface area contributed by atoms with Crippen LogP contribution in [0.2, 0.25) is 0 Å². The highest BCUT2D eigenvalue weighted by Crippen LogP contribution is 2.29. The number of halogens is 3. The number of nitrogens with zero attached hydrogens (tertiary/aromatic N) is 3. The molecule has 2 aromatic heterocycles. The molecular formula is C23H25F3N4O3S. The van der Waals surface area contributed by atoms with Crippen molar-refractivity contribution in [2.45, 2.75) is 30.0 Å². The molecule has 1 amide bonds. The molecule has 0 radical (unpaired) electrons. The maximum atomic E-state index is 13.5. The Hall–Kier alpha value is -3.05. The molecule has 1 aliphatic rings. The second kappa shape index (κ2) is 10.9. The summed E-state index contributed by atoms with van der Waals surface area (Å²) in [4.78, 5) is 35.5. The fourth-order valence-electron chi connectivity index (χ4n) is 3.70. The number of aliphatic carboxylic acids is 1. The number of aromatic amines is 1. The lowest BCUT2D eigenvalue weighted by Crippen LogP contribution is -2.47. The predicted molar refractivity (Wildman–Crippen MR) is 125 cm³/mol. The van der Waals surface area contributed by atoms with Gasteiger partial charge >= 0.3 is 12.1 Å². The summed E-state index contributed by atoms with van der Waals surface area (Å²) in [6, 6.07) is 12.3. The van der Waals surface area contributed by atoms with Crippen LogP contribution in [0.15, 0.2) is 53.7 Å². The van der Waals surface area contributed by atoms with Crippen LogP contribution in [0.4, 0.5) is 18.9 Å². The Bertz CT molecular complexity index is 1140. The van der Waals surface area contributed by atoms with Crippen LogP contribution in [0.5, 0.6) is 0 Å². The maximum Gasteiger partial charge on any atom is 0.490 e. The van der Waals surface area contributed by atoms with Gasteiger partial charge in [0.15, 0.2) is 0 Å². The average molecular weight is 495 g/mol. The predicted octanol–water partition coefficient (Wildman–Crippen LogP) is 4.66. The van der Waals surface area contributed by atoms with Gasteiger partial charge in [-0.1, -0.05) is 6.07 Å². The normalized spacial score (nSPS) is 15.0. The van der Waals surface area contributed by atoms with Crippen molar-refractivity contribution >= 4 is 40.4 Å². The molecule has 0 bridgehead atoms. The van der Waals surface area contributed by atoms with Crippen LogP contribution in [-0.2, 0) is 4.79 Å². The fourth-order valence-corrected chi connectivity index (χ4v) is 4.15. The lowest BCUT2D eigenvalue weighted by atomic mass is 10.0. The van der Waals surface area contributed by atoms with E-state index >= 15 is 0 Å². The summed E-state index contributed by atoms with van der Waals surface area (Å²) in [7, 11) is 2.14. The third-order valence-electron chi connectivity index (χ3n) is 5.49. The Morgan fingerprint density at radius 3 is 2.50 bits per heavy atom. The van der Waals surface area contributed by atoms with E-state index in [0.29, 0.717) is 5.56 Å². The summed E-state index contributed by atoms with van der Waals surface area (Å²) in [5, 5.41) is 7.12. The molecule has 0 unspecified atom stereocenters. The highest BCUT2D eigenvalue weighted by molar-refractivity contribution is 7.98. The molecule has 11 heteroatoms. The number of aromatic nitrogens is 2. The van der Waals surface area contributed by atoms with Gasteiger partial charge in [-0.2, -0.15) is 13.2 Å². The molecule has 2 N–H and O–H groups in total. The number of hydrogen-bond donors (Lipinski definition) is 2. The summed E-state index contributed by atoms with van der Waals surface area (Å²) in [6.07, 6.45) is 2.47. The van der Waals surface area contributed by atoms with E-state index < -0.39 is 12.1 Å². The monoisotopic (exact) mass is 494 g/mol. The first-order valence-electron chi connectivity index (χ1n) is 10.5. The Morgan fingerprint density at radius 2 is 1.88 bits per heavy atom. The lowest BCUT2D eigenvalue weighted by molar-refractivity contribution is -0.192. The minimum absolute atomic E-state index is 0.0202. The van der Waals surface area contributed by atoms with Crippen molar-refractivity contribution in [2.24, 2.45) is 0 Å². The van der Waals surface area contributed by atoms with Crippen LogP contribution in [0.3, 0.4) is 0 Å². The Labute approximate surface area is 199 Å². The molecule has 0 saturated carbocycles. The number of rotatable bonds is 4. The first kappa shape index (κ1) is 25.6. The number of carboxylic acids is 1. The van der Waals surface area contributed by atoms with Gasteiger partial charge in [-0.3, -0.25) is 9.78 Å². The van der Waals surface area contributed by atoms with Gasteiger partial charge in [0.25, 0.3) is 5.91 Å². The number of amides is 1. The summed E-state index contributed by atoms with van der Waals surface area (Å²) in [6.45, 7) is 2.01. The topological polar surface area (TPSA) is 89.5 Å². The summed E-state index contributed by atoms with van der Waals surface area (Å²) >= 11 is 1.69. The van der Waals surface area contributed by atoms with E-state index in [0.717, 1.165) is 47.5 Å². The first-order chi connectivity index (χ1) is 16.1. The van der Waals surface area contributed by atoms with Crippen molar-refractivity contribution in [3.63, 3.8) is 0 Å². The number of benzene rings is 1. The molecular weight excluding hydrogens is 469 g/mol. The van der Waals surface area contributed by atoms with E-state index in [9.17, 15) is 18.0 Å². The number of nitrogens with one attached hydrogen (secondary N) is 1. The second-order valence-electron chi connectivity index (χ2n) is 7.85. The largest absolute Gasteiger partial charge is 0.490 e. The molecule has 34 heavy (non-hydrogen) atoms. The summed E-state index contributed by atoms with van der Waals surface area (Å²) < 4.78 is 31.7. The lowest BCUT2D eigenvalue weighted by Gasteiger charge is -2.37. The van der Waals surface area contributed by atoms with Crippen LogP contribution in [0, 0.1) is 0 Å². The van der Waals surface area contributed by atoms with Crippen molar-refractivity contribution in [3.8, 4) is 0 Å². The van der Waals surface area contributed by atoms with E-state index in [4.69, 9.17) is 9.90 Å². The zero-order valence-electron chi connectivity index (χ0n) is 18.7. The van der Waals surface area contributed by atoms with Gasteiger partial charge in [0.05, 0.1) is 16.6 Å². The van der Waals surface area contributed by atoms with Crippen LogP contribution in [-0.4, -0.2) is 70.5 Å². The number of thioether (sulfide) groups is 1. The van der Waals surface area contributed by atoms with Gasteiger partial charge in [0.1, 0.15) is 0 Å². The van der Waals surface area contributed by atoms with Crippen LogP contribution >= 0.6 is 11.8 Å². The Kier molecular flexibility index (Phi) is 8.21. The maximum absolute atomic E-state index is 13.5. The quantitative estimate of drug-likeness (QED) is 0.513. The van der Waals surface area contributed by atoms with Crippen molar-refractivity contribution in [2.75, 3.05) is 31.3 Å². The molecule has 1 fully saturated rings. The van der Waals surface area contributed by atoms with Gasteiger partial charge in [0, 0.05) is 29.0 Å². The Morgan fingerprint density at radius 1 is 1.21 bits per heavy atom. The standard InChI is InChI=1S/C21H24N4OS.C2HF3O2/c1-24-10-7-16(8-11-24)25(17-4-3-5-18(13-17)27-2)21(26)15-12-20-19(23-14-15)6-9-22-20;3-2(4,5)1(6)7/h3-6,9,12-14,16,22H,7-8,10-11H2,1-2H3;(H,6,7). The van der Waals surface area contributed by atoms with Crippen LogP contribution in [0.1, 0.15) is 23.2 Å². The third-order valence-corrected chi connectivity index (χ3v) is 6.22. The first-order valence-corrected chi connectivity index (χ1v) is 11.7. The minimum atomic E-state index is -5.08. The third kappa shape index (κ3) is 6.29. The number of carbonyl (C=O) groups excluding carboxylic acids is 1. The molecule has 3 aromatic rings. The van der Waals surface area contributed by atoms with E-state index in [1.165, 1.54) is 0 Å². The average Bonchev–Trinajstić information content (AvgIpc) is 3.28. The van der Waals surface area contributed by atoms with Crippen molar-refractivity contribution < 1.29 is 27.9 Å². The number of anilines is 1. The zero-order valence-corrected chi connectivity index (χ0v) is 19.5. The second-order valence-corrected chi connectivity index (χ2v) is 8.73. The number of hydrogen-bond acceptors (Lipinski definition) is 5. The molecule has 1 aromatic carbocycles. The van der Waals surface area contributed by atoms with E-state index in [-0.39, 0.29) is 11.9 Å². The van der Waals surface area contributed by atoms with E-state index in [1.54, 1.807) is 18.0 Å². The highest BCUT2D eigenvalue weighted by Gasteiger charge is 2.38. The van der Waals surface area contributed by atoms with Crippen molar-refractivity contribution in [1.29, 1.82) is 0 Å². The molecule has 182 valence electrons. The number of pyridine rings is 1. The van der Waals surface area contributed by atoms with Gasteiger partial charge in [-0.25, -0.2) is 4.79 Å². The molecule has 1 aliphatic heterocycles. The zero-order chi connectivity index (χ0) is 24.9. The van der Waals surface area contributed by atoms with Crippen molar-refractivity contribution in [3.05, 3.63) is 54.4 Å². The number of fused-ring (bicyclic) bond motifs is 1. The van der Waals surface area contributed by atoms with E-state index in [1.807, 2.05) is 35.4 Å². The highest BCUT2D eigenvalue weighted by atomic mass is 32.2. The molecule has 4 rings (SSSR count). The minimum Gasteiger partial charge on any atom is -0.475 e. The van der Waals surface area contributed by atoms with Gasteiger partial charge in [-0.05, 0) is 69.6 Å². The number of piperidine rings is 1. The van der Waals surface area contributed by atoms with E-state index in [2.05, 4.69) is 40.3 Å². The van der Waals surface area contributed by atoms with Crippen LogP contribution in [0.25, 0.3) is 11.0 Å². The number of carbonyl (C=O) groups is 2. The Balaban J connectivity index is 0.000000406. The fraction of sp³-hybridized carbons (Fsp3) is 0.348. The number of carboxylic acid groups (broad SMARTS) is 1. The van der Waals surface area contributed by atoms with Crippen molar-refractivity contribution in [1.82, 2.24) is 14.9 Å². The SMILES string of the molecule is CSc1cccc(N(C(=O)c2cnc3cc[nH]c3c2)C2CCN(C)CC2)c1.O=C(O)C(F)(F)F. The van der Waals surface area contributed by atoms with Gasteiger partial charge in [0.2, 0.25) is 0 Å². The number of alkyl halides is 3. The van der Waals surface area contributed by atoms with Gasteiger partial charge < -0.3 is 19.9 Å². The molecule has 0 spiro atoms. The molecule has 1 saturated heterocycles. The molecule has 0 aliphatic carbocycles. The molecule has 0 atom stereocenters. The molecule has 7 nitrogen and oxygen atoms in total. The number of H-pyrrole nitrogens is 1. The van der Waals surface area contributed by atoms with Crippen LogP contribution < -0.4 is 4.90 Å².